The predicted molar refractivity (Wildman–Crippen MR) is 128 cm³/mol. The Labute approximate surface area is 190 Å². The number of aromatic nitrogens is 4. The summed E-state index contributed by atoms with van der Waals surface area (Å²) < 4.78 is 3.57. The van der Waals surface area contributed by atoms with Crippen molar-refractivity contribution in [2.75, 3.05) is 0 Å². The van der Waals surface area contributed by atoms with Crippen molar-refractivity contribution in [3.8, 4) is 5.69 Å². The van der Waals surface area contributed by atoms with Crippen molar-refractivity contribution >= 4 is 16.9 Å². The van der Waals surface area contributed by atoms with Crippen molar-refractivity contribution in [2.45, 2.75) is 13.0 Å². The molecule has 3 aromatic carbocycles. The van der Waals surface area contributed by atoms with Crippen molar-refractivity contribution in [1.82, 2.24) is 24.4 Å². The molecule has 0 aliphatic carbocycles. The molecule has 0 saturated carbocycles. The number of fused-ring (bicyclic) bond motifs is 1. The summed E-state index contributed by atoms with van der Waals surface area (Å²) in [6.45, 7) is 1.85. The van der Waals surface area contributed by atoms with Gasteiger partial charge in [-0.2, -0.15) is 0 Å². The van der Waals surface area contributed by atoms with Gasteiger partial charge in [0.05, 0.1) is 16.7 Å². The van der Waals surface area contributed by atoms with Gasteiger partial charge in [-0.25, -0.2) is 9.78 Å². The normalized spacial score (nSPS) is 12.1. The number of para-hydroxylation sites is 2. The van der Waals surface area contributed by atoms with E-state index < -0.39 is 6.04 Å². The molecule has 2 aromatic heterocycles. The number of aromatic amines is 1. The SMILES string of the molecule is Cc1c[nH]c(=O)n1-c1ccc(C(=O)NC(c2ccccc2)c2nc3ccccc3n2C)cc1. The summed E-state index contributed by atoms with van der Waals surface area (Å²) in [4.78, 5) is 32.8. The molecule has 33 heavy (non-hydrogen) atoms. The number of H-pyrrole nitrogens is 1. The van der Waals surface area contributed by atoms with Crippen LogP contribution in [0.2, 0.25) is 0 Å². The molecular formula is C26H23N5O2. The van der Waals surface area contributed by atoms with Gasteiger partial charge in [0, 0.05) is 24.5 Å². The second-order valence-electron chi connectivity index (χ2n) is 7.95. The number of amides is 1. The molecular weight excluding hydrogens is 414 g/mol. The minimum absolute atomic E-state index is 0.212. The van der Waals surface area contributed by atoms with Crippen LogP contribution < -0.4 is 11.0 Å². The molecule has 1 atom stereocenters. The van der Waals surface area contributed by atoms with Gasteiger partial charge in [-0.3, -0.25) is 9.36 Å². The van der Waals surface area contributed by atoms with Crippen molar-refractivity contribution in [3.63, 3.8) is 0 Å². The van der Waals surface area contributed by atoms with Crippen molar-refractivity contribution in [1.29, 1.82) is 0 Å². The lowest BCUT2D eigenvalue weighted by molar-refractivity contribution is 0.0941. The maximum Gasteiger partial charge on any atom is 0.330 e. The number of imidazole rings is 2. The molecule has 0 radical (unpaired) electrons. The summed E-state index contributed by atoms with van der Waals surface area (Å²) in [6.07, 6.45) is 1.66. The second-order valence-corrected chi connectivity index (χ2v) is 7.95. The van der Waals surface area contributed by atoms with E-state index in [1.54, 1.807) is 35.0 Å². The van der Waals surface area contributed by atoms with Crippen LogP contribution >= 0.6 is 0 Å². The minimum Gasteiger partial charge on any atom is -0.338 e. The summed E-state index contributed by atoms with van der Waals surface area (Å²) in [5.41, 5.74) is 4.60. The van der Waals surface area contributed by atoms with Gasteiger partial charge in [-0.15, -0.1) is 0 Å². The Kier molecular flexibility index (Phi) is 5.14. The number of carbonyl (C=O) groups excluding carboxylic acids is 1. The van der Waals surface area contributed by atoms with Crippen LogP contribution in [0.3, 0.4) is 0 Å². The molecule has 5 rings (SSSR count). The van der Waals surface area contributed by atoms with Crippen LogP contribution in [0.5, 0.6) is 0 Å². The van der Waals surface area contributed by atoms with Gasteiger partial charge in [0.2, 0.25) is 0 Å². The molecule has 0 aliphatic heterocycles. The Bertz CT molecular complexity index is 1490. The lowest BCUT2D eigenvalue weighted by Crippen LogP contribution is -2.31. The highest BCUT2D eigenvalue weighted by Crippen LogP contribution is 2.25. The first-order chi connectivity index (χ1) is 16.0. The summed E-state index contributed by atoms with van der Waals surface area (Å²) in [7, 11) is 1.96. The number of nitrogens with zero attached hydrogens (tertiary/aromatic N) is 3. The van der Waals surface area contributed by atoms with Crippen molar-refractivity contribution in [3.05, 3.63) is 118 Å². The number of carbonyl (C=O) groups is 1. The first kappa shape index (κ1) is 20.5. The lowest BCUT2D eigenvalue weighted by Gasteiger charge is -2.19. The number of aryl methyl sites for hydroxylation is 2. The maximum absolute atomic E-state index is 13.2. The van der Waals surface area contributed by atoms with E-state index in [0.29, 0.717) is 11.3 Å². The minimum atomic E-state index is -0.426. The summed E-state index contributed by atoms with van der Waals surface area (Å²) >= 11 is 0. The summed E-state index contributed by atoms with van der Waals surface area (Å²) in [5.74, 6) is 0.530. The van der Waals surface area contributed by atoms with Crippen molar-refractivity contribution in [2.24, 2.45) is 7.05 Å². The highest BCUT2D eigenvalue weighted by Gasteiger charge is 2.23. The third-order valence-electron chi connectivity index (χ3n) is 5.84. The van der Waals surface area contributed by atoms with E-state index in [4.69, 9.17) is 4.98 Å². The van der Waals surface area contributed by atoms with Crippen LogP contribution in [0, 0.1) is 6.92 Å². The topological polar surface area (TPSA) is 84.7 Å². The summed E-state index contributed by atoms with van der Waals surface area (Å²) in [5, 5.41) is 3.15. The third kappa shape index (κ3) is 3.74. The number of rotatable bonds is 5. The molecule has 5 aromatic rings. The van der Waals surface area contributed by atoms with Crippen LogP contribution in [0.15, 0.2) is 89.9 Å². The summed E-state index contributed by atoms with van der Waals surface area (Å²) in [6, 6.07) is 24.3. The molecule has 0 fully saturated rings. The van der Waals surface area contributed by atoms with E-state index in [0.717, 1.165) is 28.1 Å². The fourth-order valence-electron chi connectivity index (χ4n) is 4.12. The molecule has 1 amide bonds. The fourth-order valence-corrected chi connectivity index (χ4v) is 4.12. The van der Waals surface area contributed by atoms with Gasteiger partial charge in [-0.1, -0.05) is 42.5 Å². The smallest absolute Gasteiger partial charge is 0.330 e. The zero-order valence-corrected chi connectivity index (χ0v) is 18.3. The predicted octanol–water partition coefficient (Wildman–Crippen LogP) is 3.88. The molecule has 7 heteroatoms. The number of hydrogen-bond donors (Lipinski definition) is 2. The van der Waals surface area contributed by atoms with Crippen LogP contribution in [0.25, 0.3) is 16.7 Å². The maximum atomic E-state index is 13.2. The Morgan fingerprint density at radius 1 is 0.970 bits per heavy atom. The Hall–Kier alpha value is -4.39. The zero-order valence-electron chi connectivity index (χ0n) is 18.3. The van der Waals surface area contributed by atoms with E-state index in [2.05, 4.69) is 10.3 Å². The van der Waals surface area contributed by atoms with Gasteiger partial charge >= 0.3 is 5.69 Å². The van der Waals surface area contributed by atoms with Crippen LogP contribution in [0.1, 0.15) is 33.5 Å². The average molecular weight is 438 g/mol. The monoisotopic (exact) mass is 437 g/mol. The Morgan fingerprint density at radius 3 is 2.33 bits per heavy atom. The van der Waals surface area contributed by atoms with E-state index in [9.17, 15) is 9.59 Å². The van der Waals surface area contributed by atoms with Crippen molar-refractivity contribution < 1.29 is 4.79 Å². The van der Waals surface area contributed by atoms with E-state index in [-0.39, 0.29) is 11.6 Å². The molecule has 0 saturated heterocycles. The van der Waals surface area contributed by atoms with Gasteiger partial charge < -0.3 is 14.9 Å². The Morgan fingerprint density at radius 2 is 1.67 bits per heavy atom. The van der Waals surface area contributed by atoms with Gasteiger partial charge in [0.25, 0.3) is 5.91 Å². The quantitative estimate of drug-likeness (QED) is 0.438. The van der Waals surface area contributed by atoms with Gasteiger partial charge in [-0.05, 0) is 48.9 Å². The third-order valence-corrected chi connectivity index (χ3v) is 5.84. The van der Waals surface area contributed by atoms with Gasteiger partial charge in [0.15, 0.2) is 0 Å². The molecule has 1 unspecified atom stereocenters. The fraction of sp³-hybridized carbons (Fsp3) is 0.115. The second kappa shape index (κ2) is 8.27. The molecule has 7 nitrogen and oxygen atoms in total. The van der Waals surface area contributed by atoms with Crippen LogP contribution in [-0.2, 0) is 7.05 Å². The van der Waals surface area contributed by atoms with E-state index >= 15 is 0 Å². The molecule has 2 heterocycles. The average Bonchev–Trinajstić information content (AvgIpc) is 3.36. The molecule has 0 bridgehead atoms. The number of nitrogens with one attached hydrogen (secondary N) is 2. The molecule has 164 valence electrons. The van der Waals surface area contributed by atoms with Crippen LogP contribution in [-0.4, -0.2) is 25.0 Å². The standard InChI is InChI=1S/C26H23N5O2/c1-17-16-27-26(33)31(17)20-14-12-19(13-15-20)25(32)29-23(18-8-4-3-5-9-18)24-28-21-10-6-7-11-22(21)30(24)2/h3-16,23H,1-2H3,(H,27,33)(H,29,32). The van der Waals surface area contributed by atoms with E-state index in [1.165, 1.54) is 0 Å². The number of benzene rings is 3. The largest absolute Gasteiger partial charge is 0.338 e. The molecule has 0 aliphatic rings. The lowest BCUT2D eigenvalue weighted by atomic mass is 10.1. The van der Waals surface area contributed by atoms with E-state index in [1.807, 2.05) is 73.1 Å². The highest BCUT2D eigenvalue weighted by atomic mass is 16.2. The molecule has 0 spiro atoms. The van der Waals surface area contributed by atoms with Crippen LogP contribution in [0.4, 0.5) is 0 Å². The highest BCUT2D eigenvalue weighted by molar-refractivity contribution is 5.95. The first-order valence-corrected chi connectivity index (χ1v) is 10.7. The Balaban J connectivity index is 1.49. The first-order valence-electron chi connectivity index (χ1n) is 10.7. The number of hydrogen-bond acceptors (Lipinski definition) is 3. The molecule has 2 N–H and O–H groups in total. The van der Waals surface area contributed by atoms with Gasteiger partial charge in [0.1, 0.15) is 11.9 Å². The zero-order chi connectivity index (χ0) is 22.9.